The van der Waals surface area contributed by atoms with Crippen molar-refractivity contribution < 1.29 is 36.9 Å². The number of hydrogen-bond donors (Lipinski definition) is 2. The van der Waals surface area contributed by atoms with E-state index in [1.807, 2.05) is 0 Å². The summed E-state index contributed by atoms with van der Waals surface area (Å²) in [5.74, 6) is -1.39. The number of methoxy groups -OCH3 is 1. The van der Waals surface area contributed by atoms with Gasteiger partial charge < -0.3 is 19.9 Å². The van der Waals surface area contributed by atoms with Crippen LogP contribution in [-0.2, 0) is 12.7 Å². The maximum Gasteiger partial charge on any atom is 0.416 e. The van der Waals surface area contributed by atoms with E-state index in [0.29, 0.717) is 23.4 Å². The van der Waals surface area contributed by atoms with Crippen molar-refractivity contribution in [3.8, 4) is 22.8 Å². The molecule has 1 aromatic heterocycles. The molecule has 0 aliphatic rings. The molecule has 6 nitrogen and oxygen atoms in total. The number of pyridine rings is 1. The van der Waals surface area contributed by atoms with Gasteiger partial charge in [0.25, 0.3) is 0 Å². The lowest BCUT2D eigenvalue weighted by atomic mass is 10.0. The molecule has 0 aliphatic heterocycles. The van der Waals surface area contributed by atoms with E-state index in [-0.39, 0.29) is 35.9 Å². The van der Waals surface area contributed by atoms with Gasteiger partial charge >= 0.3 is 12.1 Å². The molecule has 0 saturated carbocycles. The Balaban J connectivity index is 1.72. The number of benzene rings is 2. The molecular weight excluding hydrogens is 456 g/mol. The summed E-state index contributed by atoms with van der Waals surface area (Å²) >= 11 is 0. The fourth-order valence-corrected chi connectivity index (χ4v) is 3.21. The van der Waals surface area contributed by atoms with Crippen LogP contribution in [0.15, 0.2) is 48.5 Å². The smallest absolute Gasteiger partial charge is 0.416 e. The molecule has 0 atom stereocenters. The summed E-state index contributed by atoms with van der Waals surface area (Å²) in [5, 5.41) is 12.3. The Morgan fingerprint density at radius 3 is 2.53 bits per heavy atom. The van der Waals surface area contributed by atoms with Gasteiger partial charge in [-0.3, -0.25) is 0 Å². The molecule has 0 amide bonds. The predicted octanol–water partition coefficient (Wildman–Crippen LogP) is 5.09. The molecule has 2 N–H and O–H groups in total. The molecule has 0 unspecified atom stereocenters. The van der Waals surface area contributed by atoms with Gasteiger partial charge in [-0.1, -0.05) is 6.07 Å². The van der Waals surface area contributed by atoms with Crippen molar-refractivity contribution in [1.82, 2.24) is 10.3 Å². The predicted molar refractivity (Wildman–Crippen MR) is 117 cm³/mol. The average Bonchev–Trinajstić information content (AvgIpc) is 2.77. The van der Waals surface area contributed by atoms with Crippen LogP contribution in [0.1, 0.15) is 27.2 Å². The topological polar surface area (TPSA) is 80.7 Å². The Hall–Kier alpha value is -3.66. The number of aromatic carboxylic acids is 1. The molecule has 34 heavy (non-hydrogen) atoms. The number of carboxylic acid groups (broad SMARTS) is 1. The average molecular weight is 478 g/mol. The van der Waals surface area contributed by atoms with Crippen molar-refractivity contribution in [2.24, 2.45) is 0 Å². The first kappa shape index (κ1) is 25.0. The van der Waals surface area contributed by atoms with Crippen LogP contribution in [-0.4, -0.2) is 36.3 Å². The first-order valence-electron chi connectivity index (χ1n) is 10.2. The Morgan fingerprint density at radius 2 is 1.85 bits per heavy atom. The number of carbonyl (C=O) groups is 1. The van der Waals surface area contributed by atoms with Crippen LogP contribution in [0.4, 0.5) is 17.6 Å². The zero-order valence-electron chi connectivity index (χ0n) is 18.4. The first-order chi connectivity index (χ1) is 16.1. The fraction of sp³-hybridized carbons (Fsp3) is 0.250. The number of ether oxygens (including phenoxy) is 2. The van der Waals surface area contributed by atoms with Gasteiger partial charge in [-0.15, -0.1) is 0 Å². The molecule has 0 bridgehead atoms. The zero-order chi connectivity index (χ0) is 24.9. The van der Waals surface area contributed by atoms with E-state index in [4.69, 9.17) is 9.47 Å². The lowest BCUT2D eigenvalue weighted by Gasteiger charge is -2.14. The van der Waals surface area contributed by atoms with Crippen LogP contribution in [0.2, 0.25) is 0 Å². The van der Waals surface area contributed by atoms with E-state index in [1.54, 1.807) is 13.0 Å². The second-order valence-corrected chi connectivity index (χ2v) is 7.44. The van der Waals surface area contributed by atoms with Gasteiger partial charge in [-0.25, -0.2) is 14.2 Å². The third-order valence-electron chi connectivity index (χ3n) is 4.87. The van der Waals surface area contributed by atoms with E-state index in [0.717, 1.165) is 12.1 Å². The van der Waals surface area contributed by atoms with E-state index < -0.39 is 23.5 Å². The zero-order valence-corrected chi connectivity index (χ0v) is 18.4. The van der Waals surface area contributed by atoms with E-state index in [2.05, 4.69) is 10.3 Å². The number of halogens is 4. The van der Waals surface area contributed by atoms with Crippen LogP contribution < -0.4 is 14.8 Å². The molecule has 3 rings (SSSR count). The molecule has 10 heteroatoms. The van der Waals surface area contributed by atoms with Gasteiger partial charge in [0.15, 0.2) is 5.69 Å². The molecule has 180 valence electrons. The summed E-state index contributed by atoms with van der Waals surface area (Å²) in [6, 6.07) is 10.3. The third-order valence-corrected chi connectivity index (χ3v) is 4.87. The summed E-state index contributed by atoms with van der Waals surface area (Å²) in [7, 11) is 1.43. The quantitative estimate of drug-likeness (QED) is 0.330. The minimum absolute atomic E-state index is 0.0366. The fourth-order valence-electron chi connectivity index (χ4n) is 3.21. The molecule has 0 aliphatic carbocycles. The molecule has 1 heterocycles. The van der Waals surface area contributed by atoms with E-state index >= 15 is 0 Å². The Kier molecular flexibility index (Phi) is 7.72. The summed E-state index contributed by atoms with van der Waals surface area (Å²) in [6.45, 7) is 2.16. The number of aryl methyl sites for hydroxylation is 1. The van der Waals surface area contributed by atoms with Gasteiger partial charge in [0.1, 0.15) is 23.9 Å². The van der Waals surface area contributed by atoms with Gasteiger partial charge in [-0.05, 0) is 54.4 Å². The van der Waals surface area contributed by atoms with Crippen LogP contribution >= 0.6 is 0 Å². The molecular formula is C24H22F4N2O4. The number of nitrogens with one attached hydrogen (secondary N) is 1. The van der Waals surface area contributed by atoms with Crippen molar-refractivity contribution in [3.05, 3.63) is 76.7 Å². The van der Waals surface area contributed by atoms with Crippen molar-refractivity contribution in [3.63, 3.8) is 0 Å². The van der Waals surface area contributed by atoms with Crippen LogP contribution in [0.3, 0.4) is 0 Å². The molecule has 2 aromatic carbocycles. The number of nitrogens with zero attached hydrogens (tertiary/aromatic N) is 1. The Labute approximate surface area is 193 Å². The largest absolute Gasteiger partial charge is 0.497 e. The minimum Gasteiger partial charge on any atom is -0.497 e. The second-order valence-electron chi connectivity index (χ2n) is 7.44. The highest BCUT2D eigenvalue weighted by Gasteiger charge is 2.31. The van der Waals surface area contributed by atoms with Crippen LogP contribution in [0.5, 0.6) is 11.5 Å². The number of carboxylic acids is 1. The van der Waals surface area contributed by atoms with E-state index in [9.17, 15) is 27.5 Å². The van der Waals surface area contributed by atoms with Crippen LogP contribution in [0.25, 0.3) is 11.3 Å². The van der Waals surface area contributed by atoms with Crippen molar-refractivity contribution in [1.29, 1.82) is 0 Å². The first-order valence-corrected chi connectivity index (χ1v) is 10.2. The summed E-state index contributed by atoms with van der Waals surface area (Å²) in [5.41, 5.74) is -0.00142. The Bertz CT molecular complexity index is 1180. The SMILES string of the molecule is COc1cc(F)cc(CNCCOc2cc(-c3ccc(C)c(C(=O)O)n3)cc(C(F)(F)F)c2)c1. The molecule has 0 fully saturated rings. The number of aromatic nitrogens is 1. The molecule has 0 radical (unpaired) electrons. The highest BCUT2D eigenvalue weighted by atomic mass is 19.4. The highest BCUT2D eigenvalue weighted by Crippen LogP contribution is 2.35. The monoisotopic (exact) mass is 478 g/mol. The van der Waals surface area contributed by atoms with Crippen molar-refractivity contribution >= 4 is 5.97 Å². The molecule has 0 saturated heterocycles. The second kappa shape index (κ2) is 10.5. The Morgan fingerprint density at radius 1 is 1.09 bits per heavy atom. The van der Waals surface area contributed by atoms with Crippen molar-refractivity contribution in [2.45, 2.75) is 19.6 Å². The number of rotatable bonds is 9. The van der Waals surface area contributed by atoms with Gasteiger partial charge in [0, 0.05) is 24.7 Å². The summed E-state index contributed by atoms with van der Waals surface area (Å²) < 4.78 is 64.4. The van der Waals surface area contributed by atoms with Gasteiger partial charge in [-0.2, -0.15) is 13.2 Å². The van der Waals surface area contributed by atoms with Gasteiger partial charge in [0.05, 0.1) is 18.4 Å². The number of hydrogen-bond acceptors (Lipinski definition) is 5. The highest BCUT2D eigenvalue weighted by molar-refractivity contribution is 5.87. The molecule has 0 spiro atoms. The minimum atomic E-state index is -4.64. The van der Waals surface area contributed by atoms with E-state index in [1.165, 1.54) is 37.4 Å². The third kappa shape index (κ3) is 6.44. The van der Waals surface area contributed by atoms with Crippen LogP contribution in [0, 0.1) is 12.7 Å². The maximum atomic E-state index is 13.6. The molecule has 3 aromatic rings. The lowest BCUT2D eigenvalue weighted by Crippen LogP contribution is -2.21. The maximum absolute atomic E-state index is 13.6. The summed E-state index contributed by atoms with van der Waals surface area (Å²) in [4.78, 5) is 15.4. The normalized spacial score (nSPS) is 11.4. The van der Waals surface area contributed by atoms with Crippen molar-refractivity contribution in [2.75, 3.05) is 20.3 Å². The standard InChI is InChI=1S/C24H22F4N2O4/c1-14-3-4-21(30-22(14)23(31)32)16-9-17(24(26,27)28)11-20(10-16)34-6-5-29-13-15-7-18(25)12-19(8-15)33-2/h3-4,7-12,29H,5-6,13H2,1-2H3,(H,31,32). The number of alkyl halides is 3. The summed E-state index contributed by atoms with van der Waals surface area (Å²) in [6.07, 6.45) is -4.64. The van der Waals surface area contributed by atoms with Gasteiger partial charge in [0.2, 0.25) is 0 Å². The lowest BCUT2D eigenvalue weighted by molar-refractivity contribution is -0.137.